The number of benzene rings is 5. The Morgan fingerprint density at radius 1 is 0.312 bits per heavy atom. The molecule has 0 spiro atoms. The summed E-state index contributed by atoms with van der Waals surface area (Å²) < 4.78 is 210. The Kier molecular flexibility index (Phi) is 39.4. The van der Waals surface area contributed by atoms with Crippen molar-refractivity contribution in [3.63, 3.8) is 0 Å². The minimum absolute atomic E-state index is 0. The summed E-state index contributed by atoms with van der Waals surface area (Å²) in [6.07, 6.45) is 0.680. The Bertz CT molecular complexity index is 3720. The molecule has 0 aliphatic rings. The first-order chi connectivity index (χ1) is 42.6. The average molecular weight is 1570 g/mol. The van der Waals surface area contributed by atoms with Crippen LogP contribution < -0.4 is 21.3 Å². The predicted molar refractivity (Wildman–Crippen MR) is 332 cm³/mol. The first kappa shape index (κ1) is 86.2. The van der Waals surface area contributed by atoms with Gasteiger partial charge in [-0.25, -0.2) is 65.9 Å². The van der Waals surface area contributed by atoms with Crippen molar-refractivity contribution in [1.82, 2.24) is 21.3 Å². The molecule has 5 aromatic carbocycles. The first-order valence-corrected chi connectivity index (χ1v) is 27.5. The van der Waals surface area contributed by atoms with E-state index in [0.29, 0.717) is 25.9 Å². The van der Waals surface area contributed by atoms with E-state index in [9.17, 15) is 65.9 Å². The maximum absolute atomic E-state index is 14.7. The molecule has 0 aliphatic carbocycles. The van der Waals surface area contributed by atoms with Crippen LogP contribution in [-0.2, 0) is 127 Å². The van der Waals surface area contributed by atoms with Gasteiger partial charge in [0.25, 0.3) is 0 Å². The molecule has 93 heavy (non-hydrogen) atoms. The summed E-state index contributed by atoms with van der Waals surface area (Å²) in [6.45, 7) is 8.78. The summed E-state index contributed by atoms with van der Waals surface area (Å²) in [7, 11) is 2.80. The van der Waals surface area contributed by atoms with Crippen molar-refractivity contribution in [1.29, 1.82) is 0 Å². The Morgan fingerprint density at radius 3 is 0.828 bits per heavy atom. The van der Waals surface area contributed by atoms with Crippen molar-refractivity contribution in [2.45, 2.75) is 47.5 Å². The Labute approximate surface area is 586 Å². The van der Waals surface area contributed by atoms with E-state index in [4.69, 9.17) is 75.8 Å². The van der Waals surface area contributed by atoms with E-state index in [1.807, 2.05) is 0 Å². The van der Waals surface area contributed by atoms with Gasteiger partial charge in [-0.2, -0.15) is 35.7 Å². The molecule has 4 N–H and O–H groups in total. The molecule has 0 fully saturated rings. The molecule has 16 nitrogen and oxygen atoms in total. The number of hydrogen-bond acceptors (Lipinski definition) is 18. The second-order valence-electron chi connectivity index (χ2n) is 16.4. The molecule has 3 radical (unpaired) electrons. The van der Waals surface area contributed by atoms with Crippen LogP contribution in [0.4, 0.5) is 65.9 Å². The molecular weight excluding hydrogens is 1530 g/mol. The van der Waals surface area contributed by atoms with Gasteiger partial charge >= 0.3 is 51.2 Å². The maximum Gasteiger partial charge on any atom is 2.00 e. The molecule has 0 saturated carbocycles. The molecule has 0 unspecified atom stereocenters. The molecule has 40 heteroatoms. The second-order valence-corrected chi connectivity index (χ2v) is 18.9. The van der Waals surface area contributed by atoms with Crippen LogP contribution in [0.1, 0.15) is 75.3 Å². The van der Waals surface area contributed by atoms with Crippen LogP contribution >= 0.6 is 0 Å². The van der Waals surface area contributed by atoms with E-state index < -0.39 is 121 Å². The van der Waals surface area contributed by atoms with Gasteiger partial charge in [0.1, 0.15) is 28.6 Å². The Morgan fingerprint density at radius 2 is 0.548 bits per heavy atom. The van der Waals surface area contributed by atoms with E-state index in [1.54, 1.807) is 64.1 Å². The van der Waals surface area contributed by atoms with Gasteiger partial charge in [-0.3, -0.25) is 0 Å². The van der Waals surface area contributed by atoms with Crippen LogP contribution in [0.15, 0.2) is 122 Å². The van der Waals surface area contributed by atoms with Crippen molar-refractivity contribution in [3.05, 3.63) is 176 Å². The summed E-state index contributed by atoms with van der Waals surface area (Å²) in [6, 6.07) is 15.4. The molecule has 0 aliphatic heterocycles. The van der Waals surface area contributed by atoms with Crippen molar-refractivity contribution >= 4 is 141 Å². The largest absolute Gasteiger partial charge is 2.00 e. The van der Waals surface area contributed by atoms with Crippen molar-refractivity contribution in [2.75, 3.05) is 27.2 Å². The predicted octanol–water partition coefficient (Wildman–Crippen LogP) is 10.4. The fourth-order valence-electron chi connectivity index (χ4n) is 6.13. The summed E-state index contributed by atoms with van der Waals surface area (Å²) in [5.41, 5.74) is -6.87. The van der Waals surface area contributed by atoms with Crippen LogP contribution in [0.3, 0.4) is 0 Å². The quantitative estimate of drug-likeness (QED) is 0.00958. The Hall–Kier alpha value is -6.83. The molecule has 5 rings (SSSR count). The molecule has 0 aromatic heterocycles. The van der Waals surface area contributed by atoms with Gasteiger partial charge in [-0.15, -0.1) is 25.5 Å². The van der Waals surface area contributed by atoms with Crippen LogP contribution in [0.2, 0.25) is 0 Å². The number of halogens is 15. The van der Waals surface area contributed by atoms with Gasteiger partial charge < -0.3 is 97.0 Å². The van der Waals surface area contributed by atoms with Crippen molar-refractivity contribution in [3.8, 4) is 0 Å². The fourth-order valence-corrected chi connectivity index (χ4v) is 6.66. The third-order valence-corrected chi connectivity index (χ3v) is 12.2. The molecule has 0 bridgehead atoms. The van der Waals surface area contributed by atoms with E-state index in [1.165, 1.54) is 45.3 Å². The first-order valence-electron chi connectivity index (χ1n) is 25.0. The number of nitrogens with one attached hydrogen (secondary N) is 4. The zero-order valence-corrected chi connectivity index (χ0v) is 55.7. The van der Waals surface area contributed by atoms with E-state index in [-0.39, 0.29) is 110 Å². The third kappa shape index (κ3) is 23.8. The molecule has 0 amide bonds. The third-order valence-electron chi connectivity index (χ3n) is 10.5. The number of hydrogen-bond donors (Lipinski definition) is 4. The molecule has 509 valence electrons. The molecule has 0 saturated heterocycles. The van der Waals surface area contributed by atoms with Crippen LogP contribution in [0.5, 0.6) is 0 Å². The maximum atomic E-state index is 14.7. The van der Waals surface area contributed by atoms with Gasteiger partial charge in [0.05, 0.1) is 22.4 Å². The van der Waals surface area contributed by atoms with Crippen LogP contribution in [0, 0.1) is 87.3 Å². The summed E-state index contributed by atoms with van der Waals surface area (Å²) in [5.74, 6) is -32.4. The number of nitrogens with zero attached hydrogens (tertiary/aromatic N) is 12. The summed E-state index contributed by atoms with van der Waals surface area (Å²) >= 11 is 29.2. The van der Waals surface area contributed by atoms with E-state index in [2.05, 4.69) is 82.5 Å². The van der Waals surface area contributed by atoms with Gasteiger partial charge in [-0.05, 0) is 54.3 Å². The molecular formula is C53H43Cu3F15N16S6. The number of rotatable bonds is 18. The standard InChI is InChI=1S/C20H19F5N6S2.C19H16F5N5S2.C14H14F5N5S2.3Cu/c1-3-26-19(32)30-28-17(10-8-6-5-7-9-10)18(29-31-20(33)27-4-2)11-12(21)14(23)16(25)15(24)13(11)22;1-3-10(30)26-27-17(9-7-5-4-6-8-9)18(28-29-19(31)25-2)11-12(20)14(22)16(24)15(23)13(11)21;1-4-6(25)22-21-5(2)13(23-24-14(26)20-3)7-8(15)10(17)12(19)11(18)9(7)16;;;/h5-9H,3-4H2,1-2H3,(H2,26,30,32)(H2,27,31,33);4-8H,3H2,1-2H3,(H,26,30)(H2,25,29,31);4H2,1-3H3,(H,22,25)(H2,20,24,26);;;/q;;;3*+2/p-6. The van der Waals surface area contributed by atoms with E-state index >= 15 is 0 Å². The normalized spacial score (nSPS) is 13.1. The summed E-state index contributed by atoms with van der Waals surface area (Å²) in [4.78, 5) is 0. The minimum atomic E-state index is -2.32. The van der Waals surface area contributed by atoms with E-state index in [0.717, 1.165) is 0 Å². The average Bonchev–Trinajstić information content (AvgIpc) is 0.800. The van der Waals surface area contributed by atoms with Crippen molar-refractivity contribution < 1.29 is 117 Å². The fraction of sp³-hybridized carbons (Fsp3) is 0.208. The topological polar surface area (TPSA) is 196 Å². The van der Waals surface area contributed by atoms with Crippen molar-refractivity contribution in [2.24, 2.45) is 61.2 Å². The molecule has 0 atom stereocenters. The number of amidine groups is 4. The van der Waals surface area contributed by atoms with Gasteiger partial charge in [-0.1, -0.05) is 84.6 Å². The molecule has 5 aromatic rings. The second kappa shape index (κ2) is 42.5. The zero-order chi connectivity index (χ0) is 67.7. The smallest absolute Gasteiger partial charge is 0.763 e. The minimum Gasteiger partial charge on any atom is -0.763 e. The molecule has 0 heterocycles. The Balaban J connectivity index is 0.00000135. The van der Waals surface area contributed by atoms with Crippen LogP contribution in [-0.4, -0.2) is 92.2 Å². The monoisotopic (exact) mass is 1570 g/mol. The van der Waals surface area contributed by atoms with Gasteiger partial charge in [0.2, 0.25) is 17.5 Å². The van der Waals surface area contributed by atoms with Gasteiger partial charge in [0.15, 0.2) is 69.8 Å². The summed E-state index contributed by atoms with van der Waals surface area (Å²) in [5, 5.41) is 53.7. The van der Waals surface area contributed by atoms with Crippen LogP contribution in [0.25, 0.3) is 0 Å². The SMILES string of the molecule is CCC([S-])=NN=C(C(=NN=C([S-])NC)c1c(F)c(F)c(F)c(F)c1F)c1ccccc1.CCC([S-])=NN=C(C)C(=NN=C([S-])NC)c1c(F)c(F)c(F)c(F)c1F.CCNC([S-])=NN=C(C(=NN=C([S-])NCC)c1c(F)c(F)c(F)c(F)c1F)c1ccccc1.[Cu+2].[Cu+2].[Cu+2]. The van der Waals surface area contributed by atoms with Gasteiger partial charge in [0, 0.05) is 38.3 Å². The zero-order valence-electron chi connectivity index (χ0n) is 48.0.